The van der Waals surface area contributed by atoms with Crippen LogP contribution in [0.3, 0.4) is 0 Å². The van der Waals surface area contributed by atoms with Crippen LogP contribution in [-0.4, -0.2) is 25.0 Å². The fraction of sp³-hybridized carbons (Fsp3) is 0.200. The minimum absolute atomic E-state index is 0.236. The molecular weight excluding hydrogens is 472 g/mol. The third-order valence-corrected chi connectivity index (χ3v) is 4.90. The van der Waals surface area contributed by atoms with Gasteiger partial charge in [-0.1, -0.05) is 72.2 Å². The van der Waals surface area contributed by atoms with Crippen LogP contribution in [0.15, 0.2) is 77.3 Å². The van der Waals surface area contributed by atoms with E-state index in [4.69, 9.17) is 9.47 Å². The first-order valence-electron chi connectivity index (χ1n) is 10.2. The third-order valence-electron chi connectivity index (χ3n) is 4.41. The zero-order valence-corrected chi connectivity index (χ0v) is 19.5. The lowest BCUT2D eigenvalue weighted by Crippen LogP contribution is -2.44. The highest BCUT2D eigenvalue weighted by Gasteiger charge is 2.15. The molecule has 0 aliphatic heterocycles. The lowest BCUT2D eigenvalue weighted by Gasteiger charge is -2.14. The maximum atomic E-state index is 12.5. The first-order chi connectivity index (χ1) is 15.4. The van der Waals surface area contributed by atoms with Crippen molar-refractivity contribution in [2.75, 3.05) is 13.2 Å². The van der Waals surface area contributed by atoms with Crippen LogP contribution in [0.5, 0.6) is 11.5 Å². The van der Waals surface area contributed by atoms with E-state index < -0.39 is 11.8 Å². The second-order valence-corrected chi connectivity index (χ2v) is 8.44. The van der Waals surface area contributed by atoms with Gasteiger partial charge in [0.2, 0.25) is 0 Å². The van der Waals surface area contributed by atoms with E-state index in [1.165, 1.54) is 0 Å². The monoisotopic (exact) mass is 496 g/mol. The molecule has 7 heteroatoms. The van der Waals surface area contributed by atoms with Crippen LogP contribution in [0.1, 0.15) is 24.2 Å². The number of rotatable bonds is 8. The quantitative estimate of drug-likeness (QED) is 0.430. The average Bonchev–Trinajstić information content (AvgIpc) is 2.81. The van der Waals surface area contributed by atoms with Gasteiger partial charge in [0, 0.05) is 4.47 Å². The van der Waals surface area contributed by atoms with Crippen molar-refractivity contribution in [1.29, 1.82) is 0 Å². The lowest BCUT2D eigenvalue weighted by molar-refractivity contribution is -0.123. The average molecular weight is 497 g/mol. The zero-order valence-electron chi connectivity index (χ0n) is 17.9. The number of hydrogen-bond donors (Lipinski definition) is 2. The van der Waals surface area contributed by atoms with Gasteiger partial charge in [-0.15, -0.1) is 0 Å². The Labute approximate surface area is 196 Å². The maximum Gasteiger partial charge on any atom is 0.276 e. The number of amides is 2. The van der Waals surface area contributed by atoms with Gasteiger partial charge in [0.05, 0.1) is 12.2 Å². The molecule has 2 amide bonds. The van der Waals surface area contributed by atoms with Crippen molar-refractivity contribution < 1.29 is 19.1 Å². The number of carbonyl (C=O) groups is 2. The molecule has 3 aromatic carbocycles. The van der Waals surface area contributed by atoms with Gasteiger partial charge in [0.25, 0.3) is 11.8 Å². The van der Waals surface area contributed by atoms with Crippen LogP contribution in [0.2, 0.25) is 0 Å². The predicted molar refractivity (Wildman–Crippen MR) is 127 cm³/mol. The summed E-state index contributed by atoms with van der Waals surface area (Å²) in [5.74, 6) is 0.356. The Kier molecular flexibility index (Phi) is 8.27. The van der Waals surface area contributed by atoms with Crippen molar-refractivity contribution in [3.8, 4) is 22.6 Å². The highest BCUT2D eigenvalue weighted by molar-refractivity contribution is 9.10. The van der Waals surface area contributed by atoms with Gasteiger partial charge >= 0.3 is 0 Å². The van der Waals surface area contributed by atoms with Gasteiger partial charge in [0.15, 0.2) is 6.61 Å². The number of nitrogens with one attached hydrogen (secondary N) is 2. The summed E-state index contributed by atoms with van der Waals surface area (Å²) in [7, 11) is 0. The van der Waals surface area contributed by atoms with Crippen molar-refractivity contribution in [1.82, 2.24) is 10.9 Å². The van der Waals surface area contributed by atoms with Gasteiger partial charge in [0.1, 0.15) is 11.5 Å². The topological polar surface area (TPSA) is 76.7 Å². The molecule has 3 rings (SSSR count). The second kappa shape index (κ2) is 11.3. The van der Waals surface area contributed by atoms with Crippen molar-refractivity contribution in [3.63, 3.8) is 0 Å². The van der Waals surface area contributed by atoms with Crippen LogP contribution in [0.4, 0.5) is 0 Å². The van der Waals surface area contributed by atoms with Crippen LogP contribution in [0.25, 0.3) is 11.1 Å². The molecule has 166 valence electrons. The molecule has 0 radical (unpaired) electrons. The fourth-order valence-corrected chi connectivity index (χ4v) is 3.18. The van der Waals surface area contributed by atoms with E-state index in [-0.39, 0.29) is 6.61 Å². The predicted octanol–water partition coefficient (Wildman–Crippen LogP) is 4.99. The summed E-state index contributed by atoms with van der Waals surface area (Å²) < 4.78 is 11.9. The number of benzene rings is 3. The van der Waals surface area contributed by atoms with E-state index >= 15 is 0 Å². The van der Waals surface area contributed by atoms with E-state index in [2.05, 4.69) is 26.8 Å². The van der Waals surface area contributed by atoms with E-state index in [0.29, 0.717) is 29.6 Å². The molecule has 6 nitrogen and oxygen atoms in total. The maximum absolute atomic E-state index is 12.5. The summed E-state index contributed by atoms with van der Waals surface area (Å²) in [6.45, 7) is 4.29. The number of halogens is 1. The van der Waals surface area contributed by atoms with Crippen LogP contribution >= 0.6 is 15.9 Å². The standard InChI is InChI=1S/C25H25BrN2O4/c1-17(2)15-32-23-13-10-20(26)14-22(23)25(30)28-27-24(29)16-31-21-11-8-19(9-12-21)18-6-4-3-5-7-18/h3-14,17H,15-16H2,1-2H3,(H,27,29)(H,28,30). The molecule has 0 fully saturated rings. The summed E-state index contributed by atoms with van der Waals surface area (Å²) in [6.07, 6.45) is 0. The summed E-state index contributed by atoms with van der Waals surface area (Å²) in [6, 6.07) is 22.6. The Morgan fingerprint density at radius 1 is 0.875 bits per heavy atom. The summed E-state index contributed by atoms with van der Waals surface area (Å²) in [5.41, 5.74) is 7.24. The van der Waals surface area contributed by atoms with Gasteiger partial charge < -0.3 is 9.47 Å². The zero-order chi connectivity index (χ0) is 22.9. The number of ether oxygens (including phenoxy) is 2. The Bertz CT molecular complexity index is 1050. The molecule has 0 atom stereocenters. The second-order valence-electron chi connectivity index (χ2n) is 7.53. The highest BCUT2D eigenvalue weighted by Crippen LogP contribution is 2.24. The Morgan fingerprint density at radius 2 is 1.56 bits per heavy atom. The summed E-state index contributed by atoms with van der Waals surface area (Å²) in [5, 5.41) is 0. The number of carbonyl (C=O) groups excluding carboxylic acids is 2. The molecule has 2 N–H and O–H groups in total. The molecule has 32 heavy (non-hydrogen) atoms. The van der Waals surface area contributed by atoms with Crippen LogP contribution in [0, 0.1) is 5.92 Å². The summed E-state index contributed by atoms with van der Waals surface area (Å²) in [4.78, 5) is 24.7. The molecule has 0 unspecified atom stereocenters. The minimum atomic E-state index is -0.481. The summed E-state index contributed by atoms with van der Waals surface area (Å²) >= 11 is 3.35. The van der Waals surface area contributed by atoms with Crippen molar-refractivity contribution in [2.24, 2.45) is 5.92 Å². The number of hydrogen-bond acceptors (Lipinski definition) is 4. The third kappa shape index (κ3) is 6.85. The molecular formula is C25H25BrN2O4. The molecule has 0 saturated carbocycles. The SMILES string of the molecule is CC(C)COc1ccc(Br)cc1C(=O)NNC(=O)COc1ccc(-c2ccccc2)cc1. The number of hydrazine groups is 1. The highest BCUT2D eigenvalue weighted by atomic mass is 79.9. The van der Waals surface area contributed by atoms with Crippen LogP contribution in [-0.2, 0) is 4.79 Å². The van der Waals surface area contributed by atoms with Crippen LogP contribution < -0.4 is 20.3 Å². The molecule has 0 aliphatic carbocycles. The first-order valence-corrected chi connectivity index (χ1v) is 11.0. The van der Waals surface area contributed by atoms with Crippen molar-refractivity contribution in [3.05, 3.63) is 82.8 Å². The molecule has 3 aromatic rings. The van der Waals surface area contributed by atoms with Crippen molar-refractivity contribution in [2.45, 2.75) is 13.8 Å². The largest absolute Gasteiger partial charge is 0.492 e. The van der Waals surface area contributed by atoms with Gasteiger partial charge in [-0.2, -0.15) is 0 Å². The van der Waals surface area contributed by atoms with Gasteiger partial charge in [-0.05, 0) is 47.4 Å². The Morgan fingerprint density at radius 3 is 2.25 bits per heavy atom. The van der Waals surface area contributed by atoms with E-state index in [1.54, 1.807) is 30.3 Å². The van der Waals surface area contributed by atoms with E-state index in [0.717, 1.165) is 15.6 Å². The smallest absolute Gasteiger partial charge is 0.276 e. The van der Waals surface area contributed by atoms with Crippen molar-refractivity contribution >= 4 is 27.7 Å². The first kappa shape index (κ1) is 23.3. The van der Waals surface area contributed by atoms with Gasteiger partial charge in [-0.25, -0.2) is 0 Å². The normalized spacial score (nSPS) is 10.5. The molecule has 0 saturated heterocycles. The molecule has 0 spiro atoms. The molecule has 0 aliphatic rings. The lowest BCUT2D eigenvalue weighted by atomic mass is 10.1. The molecule has 0 aromatic heterocycles. The fourth-order valence-electron chi connectivity index (χ4n) is 2.81. The van der Waals surface area contributed by atoms with Gasteiger partial charge in [-0.3, -0.25) is 20.4 Å². The molecule has 0 bridgehead atoms. The molecule has 0 heterocycles. The van der Waals surface area contributed by atoms with E-state index in [1.807, 2.05) is 56.3 Å². The van der Waals surface area contributed by atoms with E-state index in [9.17, 15) is 9.59 Å². The minimum Gasteiger partial charge on any atom is -0.492 e. The Balaban J connectivity index is 1.51. The Hall–Kier alpha value is -3.32.